The van der Waals surface area contributed by atoms with Gasteiger partial charge in [0.1, 0.15) is 11.5 Å². The van der Waals surface area contributed by atoms with E-state index in [0.29, 0.717) is 23.9 Å². The highest BCUT2D eigenvalue weighted by Gasteiger charge is 2.42. The molecular weight excluding hydrogens is 252 g/mol. The van der Waals surface area contributed by atoms with Crippen LogP contribution in [0.5, 0.6) is 11.5 Å². The number of aromatic hydroxyl groups is 1. The van der Waals surface area contributed by atoms with E-state index in [-0.39, 0.29) is 6.04 Å². The molecule has 0 spiro atoms. The number of benzene rings is 1. The van der Waals surface area contributed by atoms with Gasteiger partial charge >= 0.3 is 0 Å². The fourth-order valence-electron chi connectivity index (χ4n) is 4.04. The van der Waals surface area contributed by atoms with Crippen molar-refractivity contribution in [2.45, 2.75) is 56.8 Å². The zero-order chi connectivity index (χ0) is 14.3. The Hall–Kier alpha value is -1.26. The molecule has 2 heterocycles. The second-order valence-corrected chi connectivity index (χ2v) is 6.16. The zero-order valence-electron chi connectivity index (χ0n) is 12.2. The summed E-state index contributed by atoms with van der Waals surface area (Å²) in [5, 5.41) is 10.2. The van der Waals surface area contributed by atoms with E-state index >= 15 is 0 Å². The molecule has 2 fully saturated rings. The highest BCUT2D eigenvalue weighted by atomic mass is 16.5. The topological polar surface area (TPSA) is 58.7 Å². The molecule has 110 valence electrons. The van der Waals surface area contributed by atoms with Crippen LogP contribution >= 0.6 is 0 Å². The first-order chi connectivity index (χ1) is 9.60. The van der Waals surface area contributed by atoms with Gasteiger partial charge in [-0.2, -0.15) is 0 Å². The van der Waals surface area contributed by atoms with E-state index in [1.807, 2.05) is 6.07 Å². The molecule has 3 N–H and O–H groups in total. The minimum absolute atomic E-state index is 0.204. The first kappa shape index (κ1) is 13.7. The number of fused-ring (bicyclic) bond motifs is 2. The molecule has 0 amide bonds. The molecule has 3 rings (SSSR count). The normalized spacial score (nSPS) is 31.2. The van der Waals surface area contributed by atoms with Crippen molar-refractivity contribution in [2.24, 2.45) is 5.73 Å². The Bertz CT molecular complexity index is 477. The molecule has 4 heteroatoms. The Morgan fingerprint density at radius 3 is 2.55 bits per heavy atom. The lowest BCUT2D eigenvalue weighted by molar-refractivity contribution is 0.0841. The molecule has 0 radical (unpaired) electrons. The van der Waals surface area contributed by atoms with E-state index in [1.54, 1.807) is 19.2 Å². The average molecular weight is 276 g/mol. The third-order valence-electron chi connectivity index (χ3n) is 4.96. The quantitative estimate of drug-likeness (QED) is 0.890. The highest BCUT2D eigenvalue weighted by molar-refractivity contribution is 5.41. The fraction of sp³-hybridized carbons (Fsp3) is 0.625. The Kier molecular flexibility index (Phi) is 3.61. The molecule has 2 bridgehead atoms. The monoisotopic (exact) mass is 276 g/mol. The second kappa shape index (κ2) is 5.26. The summed E-state index contributed by atoms with van der Waals surface area (Å²) >= 11 is 0. The first-order valence-corrected chi connectivity index (χ1v) is 7.50. The van der Waals surface area contributed by atoms with Gasteiger partial charge in [-0.3, -0.25) is 4.90 Å². The zero-order valence-corrected chi connectivity index (χ0v) is 12.2. The molecule has 3 atom stereocenters. The van der Waals surface area contributed by atoms with E-state index in [1.165, 1.54) is 12.8 Å². The predicted molar refractivity (Wildman–Crippen MR) is 78.9 cm³/mol. The molecular formula is C16H24N2O2. The van der Waals surface area contributed by atoms with E-state index in [4.69, 9.17) is 10.5 Å². The number of phenolic OH excluding ortho intramolecular Hbond substituents is 1. The summed E-state index contributed by atoms with van der Waals surface area (Å²) in [6.07, 6.45) is 4.61. The lowest BCUT2D eigenvalue weighted by Crippen LogP contribution is -2.48. The van der Waals surface area contributed by atoms with Gasteiger partial charge in [-0.25, -0.2) is 0 Å². The van der Waals surface area contributed by atoms with Crippen molar-refractivity contribution in [3.8, 4) is 11.5 Å². The van der Waals surface area contributed by atoms with Crippen molar-refractivity contribution in [1.29, 1.82) is 0 Å². The molecule has 0 saturated carbocycles. The lowest BCUT2D eigenvalue weighted by Gasteiger charge is -2.41. The van der Waals surface area contributed by atoms with Crippen molar-refractivity contribution in [3.63, 3.8) is 0 Å². The number of rotatable bonds is 3. The Balaban J connectivity index is 1.87. The average Bonchev–Trinajstić information content (AvgIpc) is 2.71. The number of nitrogens with zero attached hydrogens (tertiary/aromatic N) is 1. The molecule has 3 unspecified atom stereocenters. The molecule has 2 aliphatic heterocycles. The number of piperidine rings is 1. The van der Waals surface area contributed by atoms with E-state index in [0.717, 1.165) is 24.2 Å². The number of hydrogen-bond acceptors (Lipinski definition) is 4. The maximum atomic E-state index is 10.2. The van der Waals surface area contributed by atoms with E-state index in [9.17, 15) is 5.11 Å². The number of nitrogens with two attached hydrogens (primary N) is 1. The van der Waals surface area contributed by atoms with Crippen LogP contribution in [0.1, 0.15) is 44.2 Å². The summed E-state index contributed by atoms with van der Waals surface area (Å²) in [5.74, 6) is 1.15. The number of hydrogen-bond donors (Lipinski definition) is 2. The van der Waals surface area contributed by atoms with Gasteiger partial charge in [0.05, 0.1) is 7.11 Å². The van der Waals surface area contributed by atoms with Gasteiger partial charge in [-0.15, -0.1) is 0 Å². The maximum Gasteiger partial charge on any atom is 0.120 e. The smallest absolute Gasteiger partial charge is 0.120 e. The standard InChI is InChI=1S/C16H24N2O2/c1-10(15-9-14(20-2)5-6-16(15)19)18-12-3-4-13(18)8-11(17)7-12/h5-6,9-13,19H,3-4,7-8,17H2,1-2H3. The van der Waals surface area contributed by atoms with Crippen LogP contribution in [0.2, 0.25) is 0 Å². The lowest BCUT2D eigenvalue weighted by atomic mass is 9.94. The number of methoxy groups -OCH3 is 1. The summed E-state index contributed by atoms with van der Waals surface area (Å²) in [7, 11) is 1.66. The van der Waals surface area contributed by atoms with E-state index < -0.39 is 0 Å². The van der Waals surface area contributed by atoms with Crippen LogP contribution in [0, 0.1) is 0 Å². The number of ether oxygens (including phenoxy) is 1. The molecule has 1 aromatic rings. The Labute approximate surface area is 120 Å². The number of phenols is 1. The summed E-state index contributed by atoms with van der Waals surface area (Å²) in [6.45, 7) is 2.18. The van der Waals surface area contributed by atoms with Crippen LogP contribution in [0.15, 0.2) is 18.2 Å². The van der Waals surface area contributed by atoms with Crippen LogP contribution in [-0.2, 0) is 0 Å². The Morgan fingerprint density at radius 2 is 1.95 bits per heavy atom. The molecule has 20 heavy (non-hydrogen) atoms. The third kappa shape index (κ3) is 2.27. The van der Waals surface area contributed by atoms with Crippen LogP contribution < -0.4 is 10.5 Å². The molecule has 4 nitrogen and oxygen atoms in total. The third-order valence-corrected chi connectivity index (χ3v) is 4.96. The van der Waals surface area contributed by atoms with Crippen LogP contribution in [0.3, 0.4) is 0 Å². The molecule has 0 aromatic heterocycles. The minimum atomic E-state index is 0.204. The largest absolute Gasteiger partial charge is 0.508 e. The summed E-state index contributed by atoms with van der Waals surface area (Å²) in [5.41, 5.74) is 7.09. The first-order valence-electron chi connectivity index (χ1n) is 7.50. The van der Waals surface area contributed by atoms with Crippen LogP contribution in [0.25, 0.3) is 0 Å². The molecule has 2 aliphatic rings. The van der Waals surface area contributed by atoms with Gasteiger partial charge in [-0.05, 0) is 50.8 Å². The van der Waals surface area contributed by atoms with Crippen molar-refractivity contribution in [3.05, 3.63) is 23.8 Å². The van der Waals surface area contributed by atoms with Crippen molar-refractivity contribution in [2.75, 3.05) is 7.11 Å². The molecule has 2 saturated heterocycles. The van der Waals surface area contributed by atoms with Gasteiger partial charge in [0, 0.05) is 29.7 Å². The maximum absolute atomic E-state index is 10.2. The van der Waals surface area contributed by atoms with Crippen molar-refractivity contribution < 1.29 is 9.84 Å². The summed E-state index contributed by atoms with van der Waals surface area (Å²) < 4.78 is 5.28. The van der Waals surface area contributed by atoms with Gasteiger partial charge in [0.25, 0.3) is 0 Å². The van der Waals surface area contributed by atoms with Crippen LogP contribution in [-0.4, -0.2) is 35.2 Å². The fourth-order valence-corrected chi connectivity index (χ4v) is 4.04. The van der Waals surface area contributed by atoms with E-state index in [2.05, 4.69) is 11.8 Å². The van der Waals surface area contributed by atoms with Gasteiger partial charge in [0.15, 0.2) is 0 Å². The minimum Gasteiger partial charge on any atom is -0.508 e. The predicted octanol–water partition coefficient (Wildman–Crippen LogP) is 2.42. The molecule has 0 aliphatic carbocycles. The van der Waals surface area contributed by atoms with Gasteiger partial charge < -0.3 is 15.6 Å². The Morgan fingerprint density at radius 1 is 1.30 bits per heavy atom. The van der Waals surface area contributed by atoms with Gasteiger partial charge in [0.2, 0.25) is 0 Å². The second-order valence-electron chi connectivity index (χ2n) is 6.16. The van der Waals surface area contributed by atoms with Crippen molar-refractivity contribution >= 4 is 0 Å². The SMILES string of the molecule is COc1ccc(O)c(C(C)N2C3CCC2CC(N)C3)c1. The summed E-state index contributed by atoms with van der Waals surface area (Å²) in [6, 6.07) is 7.14. The van der Waals surface area contributed by atoms with Gasteiger partial charge in [-0.1, -0.05) is 0 Å². The van der Waals surface area contributed by atoms with Crippen molar-refractivity contribution in [1.82, 2.24) is 4.90 Å². The highest BCUT2D eigenvalue weighted by Crippen LogP contribution is 2.43. The summed E-state index contributed by atoms with van der Waals surface area (Å²) in [4.78, 5) is 2.55. The van der Waals surface area contributed by atoms with Crippen LogP contribution in [0.4, 0.5) is 0 Å². The molecule has 1 aromatic carbocycles.